The fourth-order valence-electron chi connectivity index (χ4n) is 3.70. The monoisotopic (exact) mass is 464 g/mol. The highest BCUT2D eigenvalue weighted by molar-refractivity contribution is 5.94. The van der Waals surface area contributed by atoms with E-state index in [0.29, 0.717) is 5.69 Å². The van der Waals surface area contributed by atoms with Gasteiger partial charge in [0.05, 0.1) is 6.07 Å². The zero-order chi connectivity index (χ0) is 23.9. The Hall–Kier alpha value is -4.18. The number of nitro groups is 1. The molecule has 2 heterocycles. The Morgan fingerprint density at radius 1 is 0.971 bits per heavy atom. The number of nitrogens with one attached hydrogen (secondary N) is 1. The molecule has 0 saturated carbocycles. The number of esters is 1. The Labute approximate surface area is 195 Å². The van der Waals surface area contributed by atoms with Gasteiger partial charge in [-0.25, -0.2) is 4.79 Å². The van der Waals surface area contributed by atoms with Crippen LogP contribution >= 0.6 is 0 Å². The van der Waals surface area contributed by atoms with Gasteiger partial charge in [-0.1, -0.05) is 30.3 Å². The van der Waals surface area contributed by atoms with Crippen LogP contribution in [0.25, 0.3) is 0 Å². The number of ether oxygens (including phenoxy) is 1. The molecule has 34 heavy (non-hydrogen) atoms. The summed E-state index contributed by atoms with van der Waals surface area (Å²) in [6.07, 6.45) is 0. The number of carbonyl (C=O) groups excluding carboxylic acids is 2. The largest absolute Gasteiger partial charge is 0.450 e. The molecular formula is C24H24N4O6. The lowest BCUT2D eigenvalue weighted by Crippen LogP contribution is -2.45. The van der Waals surface area contributed by atoms with Crippen molar-refractivity contribution >= 4 is 29.1 Å². The lowest BCUT2D eigenvalue weighted by molar-refractivity contribution is -0.402. The Bertz CT molecular complexity index is 1140. The maximum absolute atomic E-state index is 12.1. The highest BCUT2D eigenvalue weighted by atomic mass is 16.7. The number of hydrogen-bond acceptors (Lipinski definition) is 8. The van der Waals surface area contributed by atoms with Crippen LogP contribution < -0.4 is 10.2 Å². The molecule has 1 aliphatic heterocycles. The minimum Gasteiger partial charge on any atom is -0.450 e. The average molecular weight is 464 g/mol. The van der Waals surface area contributed by atoms with Gasteiger partial charge in [-0.05, 0) is 35.9 Å². The molecule has 1 fully saturated rings. The van der Waals surface area contributed by atoms with Crippen molar-refractivity contribution in [2.75, 3.05) is 43.0 Å². The SMILES string of the molecule is O=C(COC(=O)c1ccc([N+](=O)[O-])o1)Nc1ccc(N2CCN(Cc3ccccc3)CC2)cc1. The van der Waals surface area contributed by atoms with Crippen LogP contribution in [0.3, 0.4) is 0 Å². The van der Waals surface area contributed by atoms with Crippen LogP contribution in [-0.2, 0) is 16.1 Å². The smallest absolute Gasteiger partial charge is 0.433 e. The first-order valence-electron chi connectivity index (χ1n) is 10.8. The summed E-state index contributed by atoms with van der Waals surface area (Å²) >= 11 is 0. The molecule has 10 nitrogen and oxygen atoms in total. The van der Waals surface area contributed by atoms with Crippen molar-refractivity contribution in [3.8, 4) is 0 Å². The Morgan fingerprint density at radius 3 is 2.32 bits per heavy atom. The van der Waals surface area contributed by atoms with E-state index in [1.54, 1.807) is 12.1 Å². The predicted octanol–water partition coefficient (Wildman–Crippen LogP) is 3.31. The number of hydrogen-bond donors (Lipinski definition) is 1. The van der Waals surface area contributed by atoms with Crippen LogP contribution in [0.1, 0.15) is 16.1 Å². The number of nitrogens with zero attached hydrogens (tertiary/aromatic N) is 3. The van der Waals surface area contributed by atoms with E-state index >= 15 is 0 Å². The highest BCUT2D eigenvalue weighted by Crippen LogP contribution is 2.20. The van der Waals surface area contributed by atoms with Gasteiger partial charge in [-0.2, -0.15) is 0 Å². The normalized spacial score (nSPS) is 13.9. The summed E-state index contributed by atoms with van der Waals surface area (Å²) in [5.74, 6) is -2.40. The number of anilines is 2. The minimum absolute atomic E-state index is 0.340. The maximum atomic E-state index is 12.1. The van der Waals surface area contributed by atoms with Crippen molar-refractivity contribution in [2.24, 2.45) is 0 Å². The molecule has 176 valence electrons. The van der Waals surface area contributed by atoms with E-state index in [0.717, 1.165) is 50.5 Å². The van der Waals surface area contributed by atoms with Crippen molar-refractivity contribution in [3.63, 3.8) is 0 Å². The van der Waals surface area contributed by atoms with Crippen LogP contribution in [0.4, 0.5) is 17.3 Å². The summed E-state index contributed by atoms with van der Waals surface area (Å²) < 4.78 is 9.60. The summed E-state index contributed by atoms with van der Waals surface area (Å²) in [5.41, 5.74) is 2.96. The molecule has 3 aromatic rings. The number of benzene rings is 2. The van der Waals surface area contributed by atoms with E-state index in [9.17, 15) is 19.7 Å². The zero-order valence-corrected chi connectivity index (χ0v) is 18.4. The van der Waals surface area contributed by atoms with Gasteiger partial charge in [0.2, 0.25) is 5.76 Å². The molecule has 0 atom stereocenters. The quantitative estimate of drug-likeness (QED) is 0.306. The molecule has 0 spiro atoms. The average Bonchev–Trinajstić information content (AvgIpc) is 3.35. The van der Waals surface area contributed by atoms with E-state index < -0.39 is 29.3 Å². The van der Waals surface area contributed by atoms with Gasteiger partial charge in [-0.15, -0.1) is 0 Å². The summed E-state index contributed by atoms with van der Waals surface area (Å²) in [6.45, 7) is 4.17. The molecule has 1 amide bonds. The van der Waals surface area contributed by atoms with E-state index in [1.165, 1.54) is 5.56 Å². The van der Waals surface area contributed by atoms with Gasteiger partial charge in [0.15, 0.2) is 6.61 Å². The third-order valence-corrected chi connectivity index (χ3v) is 5.44. The van der Waals surface area contributed by atoms with E-state index in [1.807, 2.05) is 18.2 Å². The molecule has 1 saturated heterocycles. The van der Waals surface area contributed by atoms with Crippen molar-refractivity contribution < 1.29 is 23.7 Å². The topological polar surface area (TPSA) is 118 Å². The summed E-state index contributed by atoms with van der Waals surface area (Å²) in [6, 6.07) is 20.1. The lowest BCUT2D eigenvalue weighted by atomic mass is 10.2. The number of rotatable bonds is 8. The summed E-state index contributed by atoms with van der Waals surface area (Å²) in [5, 5.41) is 13.3. The standard InChI is InChI=1S/C24H24N4O6/c29-22(17-33-24(30)21-10-11-23(34-21)28(31)32)25-19-6-8-20(9-7-19)27-14-12-26(13-15-27)16-18-4-2-1-3-5-18/h1-11H,12-17H2,(H,25,29). The van der Waals surface area contributed by atoms with Gasteiger partial charge in [0.25, 0.3) is 5.91 Å². The second kappa shape index (κ2) is 10.6. The molecule has 10 heteroatoms. The molecule has 0 radical (unpaired) electrons. The van der Waals surface area contributed by atoms with Crippen LogP contribution in [-0.4, -0.2) is 54.5 Å². The van der Waals surface area contributed by atoms with Crippen LogP contribution in [0.2, 0.25) is 0 Å². The molecule has 4 rings (SSSR count). The first-order valence-corrected chi connectivity index (χ1v) is 10.8. The molecule has 0 aliphatic carbocycles. The minimum atomic E-state index is -0.954. The van der Waals surface area contributed by atoms with E-state index in [-0.39, 0.29) is 5.76 Å². The molecule has 0 bridgehead atoms. The van der Waals surface area contributed by atoms with E-state index in [4.69, 9.17) is 9.15 Å². The van der Waals surface area contributed by atoms with Crippen LogP contribution in [0.15, 0.2) is 71.1 Å². The van der Waals surface area contributed by atoms with Crippen molar-refractivity contribution in [3.05, 3.63) is 88.2 Å². The van der Waals surface area contributed by atoms with Crippen molar-refractivity contribution in [1.29, 1.82) is 0 Å². The summed E-state index contributed by atoms with van der Waals surface area (Å²) in [4.78, 5) is 38.5. The number of piperazine rings is 1. The molecule has 1 aliphatic rings. The third-order valence-electron chi connectivity index (χ3n) is 5.44. The van der Waals surface area contributed by atoms with E-state index in [2.05, 4.69) is 39.4 Å². The molecule has 1 N–H and O–H groups in total. The van der Waals surface area contributed by atoms with Crippen LogP contribution in [0.5, 0.6) is 0 Å². The van der Waals surface area contributed by atoms with Crippen LogP contribution in [0, 0.1) is 10.1 Å². The maximum Gasteiger partial charge on any atom is 0.433 e. The summed E-state index contributed by atoms with van der Waals surface area (Å²) in [7, 11) is 0. The van der Waals surface area contributed by atoms with Crippen molar-refractivity contribution in [1.82, 2.24) is 4.90 Å². The number of amides is 1. The van der Waals surface area contributed by atoms with Gasteiger partial charge in [0.1, 0.15) is 4.92 Å². The lowest BCUT2D eigenvalue weighted by Gasteiger charge is -2.36. The van der Waals surface area contributed by atoms with Gasteiger partial charge < -0.3 is 19.4 Å². The van der Waals surface area contributed by atoms with Gasteiger partial charge in [-0.3, -0.25) is 19.8 Å². The van der Waals surface area contributed by atoms with Gasteiger partial charge >= 0.3 is 11.9 Å². The first kappa shape index (κ1) is 23.0. The second-order valence-corrected chi connectivity index (χ2v) is 7.81. The zero-order valence-electron chi connectivity index (χ0n) is 18.4. The Morgan fingerprint density at radius 2 is 1.68 bits per heavy atom. The first-order chi connectivity index (χ1) is 16.5. The Kier molecular flexibility index (Phi) is 7.19. The fourth-order valence-corrected chi connectivity index (χ4v) is 3.70. The van der Waals surface area contributed by atoms with Crippen molar-refractivity contribution in [2.45, 2.75) is 6.54 Å². The molecule has 0 unspecified atom stereocenters. The molecule has 1 aromatic heterocycles. The third kappa shape index (κ3) is 5.99. The molecular weight excluding hydrogens is 440 g/mol. The van der Waals surface area contributed by atoms with Gasteiger partial charge in [0, 0.05) is 44.1 Å². The fraction of sp³-hybridized carbons (Fsp3) is 0.250. The Balaban J connectivity index is 1.21. The second-order valence-electron chi connectivity index (χ2n) is 7.81. The predicted molar refractivity (Wildman–Crippen MR) is 125 cm³/mol. The molecule has 2 aromatic carbocycles. The highest BCUT2D eigenvalue weighted by Gasteiger charge is 2.20. The number of carbonyl (C=O) groups is 2. The number of furan rings is 1.